The Bertz CT molecular complexity index is 1080. The van der Waals surface area contributed by atoms with Crippen molar-refractivity contribution >= 4 is 11.0 Å². The minimum absolute atomic E-state index is 0.323. The van der Waals surface area contributed by atoms with E-state index in [0.717, 1.165) is 35.3 Å². The van der Waals surface area contributed by atoms with E-state index in [-0.39, 0.29) is 0 Å². The first-order chi connectivity index (χ1) is 13.7. The smallest absolute Gasteiger partial charge is 0.263 e. The fraction of sp³-hybridized carbons (Fsp3) is 0.217. The van der Waals surface area contributed by atoms with Crippen molar-refractivity contribution in [2.24, 2.45) is 0 Å². The van der Waals surface area contributed by atoms with Crippen molar-refractivity contribution in [2.75, 3.05) is 0 Å². The molecule has 140 valence electrons. The van der Waals surface area contributed by atoms with E-state index < -0.39 is 0 Å². The number of unbranched alkanes of at least 4 members (excludes halogenated alkanes) is 1. The van der Waals surface area contributed by atoms with Crippen LogP contribution in [0.4, 0.5) is 0 Å². The number of para-hydroxylation sites is 1. The number of aryl methyl sites for hydroxylation is 2. The number of hydrogen-bond donors (Lipinski definition) is 0. The maximum absolute atomic E-state index is 8.61. The van der Waals surface area contributed by atoms with Crippen LogP contribution in [0.5, 0.6) is 5.75 Å². The molecule has 28 heavy (non-hydrogen) atoms. The third-order valence-corrected chi connectivity index (χ3v) is 4.58. The van der Waals surface area contributed by atoms with E-state index >= 15 is 0 Å². The highest BCUT2D eigenvalue weighted by Gasteiger charge is 2.15. The number of oxazole rings is 1. The Kier molecular flexibility index (Phi) is 5.11. The van der Waals surface area contributed by atoms with Crippen molar-refractivity contribution in [1.29, 1.82) is 5.26 Å². The number of fused-ring (bicyclic) bond motifs is 1. The first-order valence-electron chi connectivity index (χ1n) is 9.27. The molecular weight excluding hydrogens is 352 g/mol. The fourth-order valence-electron chi connectivity index (χ4n) is 3.03. The molecule has 0 fully saturated rings. The van der Waals surface area contributed by atoms with E-state index in [2.05, 4.69) is 11.1 Å². The summed E-state index contributed by atoms with van der Waals surface area (Å²) in [6.45, 7) is 2.19. The summed E-state index contributed by atoms with van der Waals surface area (Å²) in [4.78, 5) is 4.54. The first kappa shape index (κ1) is 17.9. The van der Waals surface area contributed by atoms with Crippen LogP contribution in [0.25, 0.3) is 22.6 Å². The van der Waals surface area contributed by atoms with Crippen LogP contribution in [0.3, 0.4) is 0 Å². The summed E-state index contributed by atoms with van der Waals surface area (Å²) in [5.74, 6) is 2.55. The second-order valence-electron chi connectivity index (χ2n) is 6.61. The van der Waals surface area contributed by atoms with Crippen LogP contribution in [0.2, 0.25) is 0 Å². The number of nitrogens with zero attached hydrogens (tertiary/aromatic N) is 2. The molecule has 0 aliphatic heterocycles. The second kappa shape index (κ2) is 8.01. The van der Waals surface area contributed by atoms with Crippen molar-refractivity contribution in [2.45, 2.75) is 32.8 Å². The Hall–Kier alpha value is -3.52. The lowest BCUT2D eigenvalue weighted by Crippen LogP contribution is -1.97. The highest BCUT2D eigenvalue weighted by Crippen LogP contribution is 2.29. The molecule has 4 aromatic rings. The predicted octanol–water partition coefficient (Wildman–Crippen LogP) is 5.82. The monoisotopic (exact) mass is 372 g/mol. The van der Waals surface area contributed by atoms with Crippen molar-refractivity contribution in [3.63, 3.8) is 0 Å². The lowest BCUT2D eigenvalue weighted by atomic mass is 10.1. The summed E-state index contributed by atoms with van der Waals surface area (Å²) in [5.41, 5.74) is 2.75. The lowest BCUT2D eigenvalue weighted by Gasteiger charge is -2.05. The molecule has 2 aromatic carbocycles. The van der Waals surface area contributed by atoms with E-state index in [4.69, 9.17) is 18.8 Å². The first-order valence-corrected chi connectivity index (χ1v) is 9.27. The van der Waals surface area contributed by atoms with Gasteiger partial charge in [-0.25, -0.2) is 4.98 Å². The minimum Gasteiger partial charge on any atom is -0.487 e. The molecule has 0 aliphatic rings. The molecule has 0 atom stereocenters. The molecule has 5 heteroatoms. The SMILES string of the molecule is Cc1oc(-c2cc3ccccc3o2)nc1COc1ccc(CCCC#N)cc1. The summed E-state index contributed by atoms with van der Waals surface area (Å²) in [7, 11) is 0. The quantitative estimate of drug-likeness (QED) is 0.382. The zero-order valence-corrected chi connectivity index (χ0v) is 15.6. The largest absolute Gasteiger partial charge is 0.487 e. The Morgan fingerprint density at radius 3 is 2.68 bits per heavy atom. The summed E-state index contributed by atoms with van der Waals surface area (Å²) in [6, 6.07) is 19.9. The van der Waals surface area contributed by atoms with Gasteiger partial charge in [-0.3, -0.25) is 0 Å². The van der Waals surface area contributed by atoms with Gasteiger partial charge in [-0.05, 0) is 49.6 Å². The molecule has 0 aliphatic carbocycles. The van der Waals surface area contributed by atoms with E-state index in [1.54, 1.807) is 0 Å². The highest BCUT2D eigenvalue weighted by atomic mass is 16.5. The molecule has 0 N–H and O–H groups in total. The van der Waals surface area contributed by atoms with E-state index in [9.17, 15) is 0 Å². The van der Waals surface area contributed by atoms with Crippen LogP contribution < -0.4 is 4.74 Å². The summed E-state index contributed by atoms with van der Waals surface area (Å²) in [5, 5.41) is 9.63. The molecule has 0 spiro atoms. The average Bonchev–Trinajstić information content (AvgIpc) is 3.31. The van der Waals surface area contributed by atoms with Crippen LogP contribution in [0.1, 0.15) is 29.9 Å². The average molecular weight is 372 g/mol. The fourth-order valence-corrected chi connectivity index (χ4v) is 3.03. The van der Waals surface area contributed by atoms with Gasteiger partial charge >= 0.3 is 0 Å². The molecule has 4 rings (SSSR count). The Labute approximate surface area is 163 Å². The van der Waals surface area contributed by atoms with E-state index in [1.807, 2.05) is 61.5 Å². The van der Waals surface area contributed by atoms with Crippen molar-refractivity contribution in [1.82, 2.24) is 4.98 Å². The van der Waals surface area contributed by atoms with Crippen LogP contribution in [-0.2, 0) is 13.0 Å². The minimum atomic E-state index is 0.323. The Morgan fingerprint density at radius 2 is 1.89 bits per heavy atom. The van der Waals surface area contributed by atoms with Crippen molar-refractivity contribution in [3.05, 3.63) is 71.6 Å². The standard InChI is InChI=1S/C23H20N2O3/c1-16-20(15-26-19-11-9-17(10-12-19)6-4-5-13-24)25-23(27-16)22-14-18-7-2-3-8-21(18)28-22/h2-3,7-12,14H,4-6,15H2,1H3. The number of nitriles is 1. The Balaban J connectivity index is 1.42. The zero-order chi connectivity index (χ0) is 19.3. The van der Waals surface area contributed by atoms with Gasteiger partial charge in [0.25, 0.3) is 5.89 Å². The van der Waals surface area contributed by atoms with Gasteiger partial charge in [0.2, 0.25) is 0 Å². The van der Waals surface area contributed by atoms with Crippen LogP contribution >= 0.6 is 0 Å². The normalized spacial score (nSPS) is 10.9. The molecule has 0 saturated carbocycles. The van der Waals surface area contributed by atoms with Gasteiger partial charge < -0.3 is 13.6 Å². The molecule has 0 radical (unpaired) electrons. The predicted molar refractivity (Wildman–Crippen MR) is 106 cm³/mol. The van der Waals surface area contributed by atoms with Crippen molar-refractivity contribution in [3.8, 4) is 23.5 Å². The van der Waals surface area contributed by atoms with Crippen LogP contribution in [0.15, 0.2) is 63.4 Å². The van der Waals surface area contributed by atoms with Crippen molar-refractivity contribution < 1.29 is 13.6 Å². The van der Waals surface area contributed by atoms with Gasteiger partial charge in [0.1, 0.15) is 29.4 Å². The lowest BCUT2D eigenvalue weighted by molar-refractivity contribution is 0.299. The third kappa shape index (κ3) is 3.91. The highest BCUT2D eigenvalue weighted by molar-refractivity contribution is 5.81. The number of benzene rings is 2. The molecule has 2 heterocycles. The van der Waals surface area contributed by atoms with E-state index in [0.29, 0.717) is 30.4 Å². The van der Waals surface area contributed by atoms with Gasteiger partial charge in [-0.1, -0.05) is 30.3 Å². The maximum atomic E-state index is 8.61. The van der Waals surface area contributed by atoms with Crippen LogP contribution in [-0.4, -0.2) is 4.98 Å². The molecule has 0 saturated heterocycles. The Morgan fingerprint density at radius 1 is 1.07 bits per heavy atom. The van der Waals surface area contributed by atoms with Gasteiger partial charge in [-0.2, -0.15) is 5.26 Å². The van der Waals surface area contributed by atoms with E-state index in [1.165, 1.54) is 5.56 Å². The second-order valence-corrected chi connectivity index (χ2v) is 6.61. The maximum Gasteiger partial charge on any atom is 0.263 e. The molecule has 0 amide bonds. The summed E-state index contributed by atoms with van der Waals surface area (Å²) >= 11 is 0. The topological polar surface area (TPSA) is 72.2 Å². The molecule has 0 unspecified atom stereocenters. The number of ether oxygens (including phenoxy) is 1. The van der Waals surface area contributed by atoms with Gasteiger partial charge in [-0.15, -0.1) is 0 Å². The number of furan rings is 1. The zero-order valence-electron chi connectivity index (χ0n) is 15.6. The third-order valence-electron chi connectivity index (χ3n) is 4.58. The number of hydrogen-bond acceptors (Lipinski definition) is 5. The number of aromatic nitrogens is 1. The summed E-state index contributed by atoms with van der Waals surface area (Å²) < 4.78 is 17.5. The van der Waals surface area contributed by atoms with Gasteiger partial charge in [0.05, 0.1) is 6.07 Å². The van der Waals surface area contributed by atoms with Gasteiger partial charge in [0, 0.05) is 11.8 Å². The van der Waals surface area contributed by atoms with Gasteiger partial charge in [0.15, 0.2) is 5.76 Å². The molecule has 5 nitrogen and oxygen atoms in total. The summed E-state index contributed by atoms with van der Waals surface area (Å²) in [6.07, 6.45) is 2.35. The number of rotatable bonds is 7. The molecule has 0 bridgehead atoms. The molecule has 2 aromatic heterocycles. The van der Waals surface area contributed by atoms with Crippen LogP contribution in [0, 0.1) is 18.3 Å². The molecular formula is C23H20N2O3.